The number of carbonyl (C=O) groups is 3. The van der Waals surface area contributed by atoms with Crippen molar-refractivity contribution >= 4 is 51.7 Å². The third-order valence-electron chi connectivity index (χ3n) is 4.62. The van der Waals surface area contributed by atoms with E-state index >= 15 is 0 Å². The van der Waals surface area contributed by atoms with Crippen molar-refractivity contribution in [3.63, 3.8) is 0 Å². The molecule has 166 valence electrons. The van der Waals surface area contributed by atoms with Gasteiger partial charge in [0.25, 0.3) is 23.3 Å². The molecule has 32 heavy (non-hydrogen) atoms. The van der Waals surface area contributed by atoms with Gasteiger partial charge in [0.1, 0.15) is 6.04 Å². The van der Waals surface area contributed by atoms with Gasteiger partial charge in [0.05, 0.1) is 21.0 Å². The summed E-state index contributed by atoms with van der Waals surface area (Å²) < 4.78 is 1.16. The van der Waals surface area contributed by atoms with E-state index in [9.17, 15) is 19.2 Å². The first-order chi connectivity index (χ1) is 15.2. The van der Waals surface area contributed by atoms with Crippen LogP contribution in [-0.4, -0.2) is 33.5 Å². The number of carbonyl (C=O) groups excluding carboxylic acids is 3. The fraction of sp³-hybridized carbons (Fsp3) is 0.190. The Balaban J connectivity index is 1.70. The Kier molecular flexibility index (Phi) is 7.12. The summed E-state index contributed by atoms with van der Waals surface area (Å²) in [5, 5.41) is 7.53. The summed E-state index contributed by atoms with van der Waals surface area (Å²) in [5.74, 6) is -2.00. The fourth-order valence-corrected chi connectivity index (χ4v) is 3.31. The predicted molar refractivity (Wildman–Crippen MR) is 121 cm³/mol. The molecule has 1 atom stereocenters. The predicted octanol–water partition coefficient (Wildman–Crippen LogP) is 2.30. The van der Waals surface area contributed by atoms with Gasteiger partial charge in [0, 0.05) is 11.9 Å². The third-order valence-corrected chi connectivity index (χ3v) is 5.44. The van der Waals surface area contributed by atoms with E-state index < -0.39 is 23.8 Å². The van der Waals surface area contributed by atoms with Crippen LogP contribution < -0.4 is 21.7 Å². The quantitative estimate of drug-likeness (QED) is 0.488. The van der Waals surface area contributed by atoms with Crippen LogP contribution in [0, 0.1) is 0 Å². The standard InChI is InChI=1S/C21H19Cl2N5O4/c1-3-28-21(32)13-8-5-4-7-12(13)17(27-28)20(31)26-25-18(29)11(2)24-19(30)14-9-6-10-15(22)16(14)23/h4-11H,3H2,1-2H3,(H,24,30)(H,25,29)(H,26,31). The smallest absolute Gasteiger partial charge is 0.290 e. The van der Waals surface area contributed by atoms with E-state index in [-0.39, 0.29) is 33.4 Å². The van der Waals surface area contributed by atoms with E-state index in [1.165, 1.54) is 19.1 Å². The van der Waals surface area contributed by atoms with Gasteiger partial charge in [0.2, 0.25) is 0 Å². The molecule has 0 fully saturated rings. The molecule has 0 radical (unpaired) electrons. The second-order valence-corrected chi connectivity index (χ2v) is 7.54. The number of hydrogen-bond donors (Lipinski definition) is 3. The van der Waals surface area contributed by atoms with E-state index in [0.29, 0.717) is 10.8 Å². The Bertz CT molecular complexity index is 1270. The molecule has 3 rings (SSSR count). The summed E-state index contributed by atoms with van der Waals surface area (Å²) in [5.41, 5.74) is 4.27. The number of halogens is 2. The highest BCUT2D eigenvalue weighted by atomic mass is 35.5. The fourth-order valence-electron chi connectivity index (χ4n) is 2.92. The maximum atomic E-state index is 12.7. The monoisotopic (exact) mass is 475 g/mol. The van der Waals surface area contributed by atoms with Gasteiger partial charge in [-0.2, -0.15) is 5.10 Å². The van der Waals surface area contributed by atoms with Crippen molar-refractivity contribution in [2.75, 3.05) is 0 Å². The Morgan fingerprint density at radius 2 is 1.69 bits per heavy atom. The van der Waals surface area contributed by atoms with Crippen molar-refractivity contribution in [3.05, 3.63) is 74.1 Å². The Labute approximate surface area is 192 Å². The largest absolute Gasteiger partial charge is 0.340 e. The van der Waals surface area contributed by atoms with Gasteiger partial charge in [-0.15, -0.1) is 0 Å². The number of nitrogens with one attached hydrogen (secondary N) is 3. The van der Waals surface area contributed by atoms with Gasteiger partial charge in [-0.3, -0.25) is 30.0 Å². The van der Waals surface area contributed by atoms with E-state index in [1.54, 1.807) is 37.3 Å². The molecule has 0 aliphatic heterocycles. The SMILES string of the molecule is CCn1nc(C(=O)NNC(=O)C(C)NC(=O)c2cccc(Cl)c2Cl)c2ccccc2c1=O. The number of nitrogens with zero attached hydrogens (tertiary/aromatic N) is 2. The molecular formula is C21H19Cl2N5O4. The minimum Gasteiger partial charge on any atom is -0.340 e. The summed E-state index contributed by atoms with van der Waals surface area (Å²) in [6, 6.07) is 10.1. The van der Waals surface area contributed by atoms with Crippen molar-refractivity contribution in [1.29, 1.82) is 0 Å². The van der Waals surface area contributed by atoms with E-state index in [0.717, 1.165) is 4.68 Å². The van der Waals surface area contributed by atoms with E-state index in [4.69, 9.17) is 23.2 Å². The van der Waals surface area contributed by atoms with E-state index in [1.807, 2.05) is 0 Å². The highest BCUT2D eigenvalue weighted by Gasteiger charge is 2.21. The molecule has 2 aromatic carbocycles. The molecule has 3 N–H and O–H groups in total. The summed E-state index contributed by atoms with van der Waals surface area (Å²) in [7, 11) is 0. The number of aryl methyl sites for hydroxylation is 1. The number of hydrogen-bond acceptors (Lipinski definition) is 5. The molecular weight excluding hydrogens is 457 g/mol. The van der Waals surface area contributed by atoms with Crippen molar-refractivity contribution in [2.45, 2.75) is 26.4 Å². The molecule has 9 nitrogen and oxygen atoms in total. The van der Waals surface area contributed by atoms with Crippen LogP contribution in [0.4, 0.5) is 0 Å². The van der Waals surface area contributed by atoms with Crippen molar-refractivity contribution in [2.24, 2.45) is 0 Å². The Morgan fingerprint density at radius 3 is 2.38 bits per heavy atom. The topological polar surface area (TPSA) is 122 Å². The van der Waals surface area contributed by atoms with Crippen molar-refractivity contribution < 1.29 is 14.4 Å². The van der Waals surface area contributed by atoms with Gasteiger partial charge < -0.3 is 5.32 Å². The second-order valence-electron chi connectivity index (χ2n) is 6.76. The van der Waals surface area contributed by atoms with Gasteiger partial charge in [0.15, 0.2) is 5.69 Å². The normalized spacial score (nSPS) is 11.6. The number of hydrazine groups is 1. The number of rotatable bonds is 5. The highest BCUT2D eigenvalue weighted by Crippen LogP contribution is 2.25. The summed E-state index contributed by atoms with van der Waals surface area (Å²) in [4.78, 5) is 49.8. The zero-order valence-electron chi connectivity index (χ0n) is 17.1. The lowest BCUT2D eigenvalue weighted by Crippen LogP contribution is -2.51. The van der Waals surface area contributed by atoms with Crippen LogP contribution in [0.25, 0.3) is 10.8 Å². The molecule has 0 bridgehead atoms. The first kappa shape index (κ1) is 23.2. The zero-order chi connectivity index (χ0) is 23.4. The minimum absolute atomic E-state index is 0.0234. The maximum absolute atomic E-state index is 12.7. The summed E-state index contributed by atoms with van der Waals surface area (Å²) >= 11 is 11.9. The van der Waals surface area contributed by atoms with E-state index in [2.05, 4.69) is 21.3 Å². The number of amides is 3. The van der Waals surface area contributed by atoms with Crippen LogP contribution in [-0.2, 0) is 11.3 Å². The Hall–Kier alpha value is -3.43. The van der Waals surface area contributed by atoms with Crippen LogP contribution in [0.2, 0.25) is 10.0 Å². The van der Waals surface area contributed by atoms with Crippen molar-refractivity contribution in [3.8, 4) is 0 Å². The highest BCUT2D eigenvalue weighted by molar-refractivity contribution is 6.43. The first-order valence-corrected chi connectivity index (χ1v) is 10.3. The van der Waals surface area contributed by atoms with Crippen LogP contribution in [0.3, 0.4) is 0 Å². The minimum atomic E-state index is -1.01. The molecule has 11 heteroatoms. The summed E-state index contributed by atoms with van der Waals surface area (Å²) in [6.45, 7) is 3.43. The van der Waals surface area contributed by atoms with Gasteiger partial charge in [-0.1, -0.05) is 47.5 Å². The molecule has 0 spiro atoms. The zero-order valence-corrected chi connectivity index (χ0v) is 18.6. The van der Waals surface area contributed by atoms with Crippen LogP contribution >= 0.6 is 23.2 Å². The maximum Gasteiger partial charge on any atom is 0.290 e. The third kappa shape index (κ3) is 4.74. The lowest BCUT2D eigenvalue weighted by atomic mass is 10.1. The van der Waals surface area contributed by atoms with Crippen LogP contribution in [0.15, 0.2) is 47.3 Å². The molecule has 1 aromatic heterocycles. The molecule has 0 aliphatic carbocycles. The molecule has 1 heterocycles. The average Bonchev–Trinajstić information content (AvgIpc) is 2.79. The molecule has 3 aromatic rings. The number of benzene rings is 2. The molecule has 3 amide bonds. The second kappa shape index (κ2) is 9.80. The molecule has 0 saturated carbocycles. The molecule has 0 saturated heterocycles. The van der Waals surface area contributed by atoms with Gasteiger partial charge >= 0.3 is 0 Å². The number of fused-ring (bicyclic) bond motifs is 1. The van der Waals surface area contributed by atoms with Crippen molar-refractivity contribution in [1.82, 2.24) is 25.9 Å². The molecule has 1 unspecified atom stereocenters. The van der Waals surface area contributed by atoms with Crippen LogP contribution in [0.1, 0.15) is 34.7 Å². The summed E-state index contributed by atoms with van der Waals surface area (Å²) in [6.07, 6.45) is 0. The van der Waals surface area contributed by atoms with Gasteiger partial charge in [-0.25, -0.2) is 4.68 Å². The Morgan fingerprint density at radius 1 is 1.00 bits per heavy atom. The van der Waals surface area contributed by atoms with Gasteiger partial charge in [-0.05, 0) is 32.0 Å². The molecule has 0 aliphatic rings. The average molecular weight is 476 g/mol. The first-order valence-electron chi connectivity index (χ1n) is 9.59. The number of aromatic nitrogens is 2. The lowest BCUT2D eigenvalue weighted by Gasteiger charge is -2.16. The van der Waals surface area contributed by atoms with Crippen LogP contribution in [0.5, 0.6) is 0 Å². The lowest BCUT2D eigenvalue weighted by molar-refractivity contribution is -0.123.